The van der Waals surface area contributed by atoms with Gasteiger partial charge in [-0.1, -0.05) is 0 Å². The molecule has 32 valence electrons. The largest absolute Gasteiger partial charge is 4.00 e. The molecule has 0 aliphatic rings. The fourth-order valence-corrected chi connectivity index (χ4v) is 0. The summed E-state index contributed by atoms with van der Waals surface area (Å²) in [6, 6.07) is 0. The van der Waals surface area contributed by atoms with Crippen LogP contribution in [0.5, 0.6) is 0 Å². The molecular formula is F4Th. The second kappa shape index (κ2) is 75.6. The first kappa shape index (κ1) is 141. The zero-order chi connectivity index (χ0) is 0. The number of halogens is 4. The summed E-state index contributed by atoms with van der Waals surface area (Å²) in [5, 5.41) is 0. The van der Waals surface area contributed by atoms with Crippen LogP contribution in [0.15, 0.2) is 0 Å². The Bertz CT molecular complexity index is 3.61. The van der Waals surface area contributed by atoms with Crippen molar-refractivity contribution in [2.45, 2.75) is 0 Å². The van der Waals surface area contributed by atoms with Gasteiger partial charge in [0.15, 0.2) is 0 Å². The van der Waals surface area contributed by atoms with E-state index in [1.165, 1.54) is 0 Å². The SMILES string of the molecule is [F-].[F-].[F-].[F-].[Th+4]. The zero-order valence-electron chi connectivity index (χ0n) is 2.01. The Labute approximate surface area is 58.5 Å². The summed E-state index contributed by atoms with van der Waals surface area (Å²) in [6.45, 7) is 0. The Morgan fingerprint density at radius 1 is 0.400 bits per heavy atom. The van der Waals surface area contributed by atoms with E-state index in [1.54, 1.807) is 0 Å². The van der Waals surface area contributed by atoms with E-state index >= 15 is 0 Å². The summed E-state index contributed by atoms with van der Waals surface area (Å²) < 4.78 is 0. The molecule has 5 heavy (non-hydrogen) atoms. The first-order valence-corrected chi connectivity index (χ1v) is 0. The van der Waals surface area contributed by atoms with Crippen molar-refractivity contribution in [2.75, 3.05) is 0 Å². The van der Waals surface area contributed by atoms with Gasteiger partial charge in [0.05, 0.1) is 0 Å². The maximum Gasteiger partial charge on any atom is 4.00 e. The summed E-state index contributed by atoms with van der Waals surface area (Å²) in [4.78, 5) is 0. The summed E-state index contributed by atoms with van der Waals surface area (Å²) in [5.74, 6) is 0. The predicted octanol–water partition coefficient (Wildman–Crippen LogP) is -12.0. The van der Waals surface area contributed by atoms with E-state index in [2.05, 4.69) is 0 Å². The number of hydrogen-bond acceptors (Lipinski definition) is 0. The molecule has 0 radical (unpaired) electrons. The third-order valence-electron chi connectivity index (χ3n) is 0. The third-order valence-corrected chi connectivity index (χ3v) is 0. The molecule has 0 nitrogen and oxygen atoms in total. The molecule has 0 saturated carbocycles. The second-order valence-electron chi connectivity index (χ2n) is 0. The van der Waals surface area contributed by atoms with E-state index < -0.39 is 0 Å². The number of hydrogen-bond donors (Lipinski definition) is 0. The van der Waals surface area contributed by atoms with Crippen molar-refractivity contribution in [1.29, 1.82) is 0 Å². The van der Waals surface area contributed by atoms with Gasteiger partial charge in [-0.15, -0.1) is 0 Å². The van der Waals surface area contributed by atoms with E-state index in [9.17, 15) is 0 Å². The molecule has 0 rings (SSSR count). The van der Waals surface area contributed by atoms with Crippen molar-refractivity contribution in [3.63, 3.8) is 0 Å². The fourth-order valence-electron chi connectivity index (χ4n) is 0. The normalized spacial score (nSPS) is 0. The average Bonchev–Trinajstić information content (AvgIpc) is 0. The van der Waals surface area contributed by atoms with Crippen molar-refractivity contribution >= 4 is 0 Å². The number of rotatable bonds is 0. The van der Waals surface area contributed by atoms with Gasteiger partial charge in [-0.05, 0) is 0 Å². The first-order valence-electron chi connectivity index (χ1n) is 0. The molecule has 0 aromatic heterocycles. The minimum Gasteiger partial charge on any atom is -1.00 e. The van der Waals surface area contributed by atoms with Crippen molar-refractivity contribution in [3.8, 4) is 0 Å². The smallest absolute Gasteiger partial charge is 1.00 e. The molecule has 0 spiro atoms. The molecule has 0 aromatic rings. The van der Waals surface area contributed by atoms with Gasteiger partial charge in [0, 0.05) is 0 Å². The summed E-state index contributed by atoms with van der Waals surface area (Å²) in [7, 11) is 0. The predicted molar refractivity (Wildman–Crippen MR) is 0 cm³/mol. The van der Waals surface area contributed by atoms with Crippen LogP contribution in [-0.2, 0) is 0 Å². The van der Waals surface area contributed by atoms with Gasteiger partial charge >= 0.3 is 39.9 Å². The van der Waals surface area contributed by atoms with E-state index in [4.69, 9.17) is 0 Å². The first-order chi connectivity index (χ1) is 0. The second-order valence-corrected chi connectivity index (χ2v) is 0. The van der Waals surface area contributed by atoms with Gasteiger partial charge in [0.25, 0.3) is 0 Å². The molecule has 0 amide bonds. The molecular weight excluding hydrogens is 308 g/mol. The molecule has 0 saturated heterocycles. The molecule has 0 N–H and O–H groups in total. The van der Waals surface area contributed by atoms with Crippen molar-refractivity contribution in [2.24, 2.45) is 0 Å². The van der Waals surface area contributed by atoms with Crippen LogP contribution in [0.25, 0.3) is 0 Å². The van der Waals surface area contributed by atoms with Crippen molar-refractivity contribution in [3.05, 3.63) is 0 Å². The third kappa shape index (κ3) is 42.9. The van der Waals surface area contributed by atoms with E-state index in [0.29, 0.717) is 0 Å². The van der Waals surface area contributed by atoms with Crippen LogP contribution in [0.1, 0.15) is 0 Å². The molecule has 0 atom stereocenters. The summed E-state index contributed by atoms with van der Waals surface area (Å²) in [6.07, 6.45) is 0. The molecule has 0 aromatic carbocycles. The van der Waals surface area contributed by atoms with Crippen LogP contribution in [0, 0.1) is 39.9 Å². The van der Waals surface area contributed by atoms with E-state index in [-0.39, 0.29) is 58.8 Å². The van der Waals surface area contributed by atoms with Gasteiger partial charge in [0.1, 0.15) is 0 Å². The fraction of sp³-hybridized carbons (Fsp3) is 0. The van der Waals surface area contributed by atoms with Crippen LogP contribution in [0.4, 0.5) is 0 Å². The molecule has 5 heteroatoms. The van der Waals surface area contributed by atoms with Crippen LogP contribution in [0.2, 0.25) is 0 Å². The Kier molecular flexibility index (Phi) is 2130. The monoisotopic (exact) mass is 308 g/mol. The Morgan fingerprint density at radius 2 is 0.400 bits per heavy atom. The zero-order valence-corrected chi connectivity index (χ0v) is 6.12. The van der Waals surface area contributed by atoms with Crippen LogP contribution in [0.3, 0.4) is 0 Å². The maximum atomic E-state index is 0. The standard InChI is InChI=1S/4FH.Th/h4*1H;/q;;;;+4/p-4. The Hall–Kier alpha value is 1.04. The van der Waals surface area contributed by atoms with Gasteiger partial charge < -0.3 is 18.8 Å². The van der Waals surface area contributed by atoms with Crippen molar-refractivity contribution in [1.82, 2.24) is 0 Å². The summed E-state index contributed by atoms with van der Waals surface area (Å²) in [5.41, 5.74) is 0. The molecule has 0 bridgehead atoms. The quantitative estimate of drug-likeness (QED) is 0.390. The average molecular weight is 308 g/mol. The Balaban J connectivity index is 0. The molecule has 0 fully saturated rings. The molecule has 0 aliphatic carbocycles. The minimum atomic E-state index is 0. The minimum absolute atomic E-state index is 0. The van der Waals surface area contributed by atoms with Gasteiger partial charge in [-0.2, -0.15) is 0 Å². The van der Waals surface area contributed by atoms with E-state index in [0.717, 1.165) is 0 Å². The Morgan fingerprint density at radius 3 is 0.400 bits per heavy atom. The van der Waals surface area contributed by atoms with Crippen LogP contribution >= 0.6 is 0 Å². The van der Waals surface area contributed by atoms with Gasteiger partial charge in [-0.3, -0.25) is 0 Å². The van der Waals surface area contributed by atoms with E-state index in [1.807, 2.05) is 0 Å². The van der Waals surface area contributed by atoms with Crippen molar-refractivity contribution < 1.29 is 58.8 Å². The summed E-state index contributed by atoms with van der Waals surface area (Å²) >= 11 is 0. The maximum absolute atomic E-state index is 0. The molecule has 0 heterocycles. The molecule has 0 aliphatic heterocycles. The van der Waals surface area contributed by atoms with Gasteiger partial charge in [-0.25, -0.2) is 0 Å². The van der Waals surface area contributed by atoms with Crippen LogP contribution < -0.4 is 18.8 Å². The molecule has 0 unspecified atom stereocenters. The topological polar surface area (TPSA) is 0 Å². The van der Waals surface area contributed by atoms with Crippen LogP contribution in [-0.4, -0.2) is 0 Å². The van der Waals surface area contributed by atoms with Gasteiger partial charge in [0.2, 0.25) is 0 Å².